The summed E-state index contributed by atoms with van der Waals surface area (Å²) < 4.78 is 5.47. The molecule has 1 unspecified atom stereocenters. The van der Waals surface area contributed by atoms with Gasteiger partial charge in [0.15, 0.2) is 5.75 Å². The first-order valence-electron chi connectivity index (χ1n) is 5.43. The summed E-state index contributed by atoms with van der Waals surface area (Å²) in [7, 11) is 1.72. The van der Waals surface area contributed by atoms with Gasteiger partial charge < -0.3 is 9.84 Å². The van der Waals surface area contributed by atoms with Crippen LogP contribution in [0.5, 0.6) is 5.75 Å². The summed E-state index contributed by atoms with van der Waals surface area (Å²) in [6.07, 6.45) is 0. The van der Waals surface area contributed by atoms with Crippen molar-refractivity contribution in [2.24, 2.45) is 0 Å². The molecule has 1 rings (SSSR count). The Morgan fingerprint density at radius 1 is 1.44 bits per heavy atom. The minimum Gasteiger partial charge on any atom is -0.489 e. The Labute approximate surface area is 116 Å². The fourth-order valence-electron chi connectivity index (χ4n) is 1.29. The molecule has 0 aliphatic carbocycles. The van der Waals surface area contributed by atoms with E-state index in [1.165, 1.54) is 0 Å². The van der Waals surface area contributed by atoms with Crippen LogP contribution in [0.4, 0.5) is 0 Å². The van der Waals surface area contributed by atoms with Crippen LogP contribution in [0.2, 0.25) is 10.0 Å². The fraction of sp³-hybridized carbons (Fsp3) is 0.417. The Hall–Kier alpha value is -0.970. The van der Waals surface area contributed by atoms with Crippen molar-refractivity contribution in [2.75, 3.05) is 20.2 Å². The molecule has 0 aliphatic heterocycles. The lowest BCUT2D eigenvalue weighted by atomic mass is 10.3. The SMILES string of the molecule is CC(C(=O)O)N(C)CCOc1c(Cl)cccc1Cl. The first-order chi connectivity index (χ1) is 8.43. The zero-order valence-corrected chi connectivity index (χ0v) is 11.7. The predicted molar refractivity (Wildman–Crippen MR) is 71.7 cm³/mol. The van der Waals surface area contributed by atoms with Crippen molar-refractivity contribution in [1.29, 1.82) is 0 Å². The number of ether oxygens (including phenoxy) is 1. The second kappa shape index (κ2) is 6.83. The minimum absolute atomic E-state index is 0.317. The molecule has 4 nitrogen and oxygen atoms in total. The maximum atomic E-state index is 10.8. The number of likely N-dealkylation sites (N-methyl/N-ethyl adjacent to an activating group) is 1. The van der Waals surface area contributed by atoms with Crippen LogP contribution in [0.15, 0.2) is 18.2 Å². The van der Waals surface area contributed by atoms with Gasteiger partial charge in [0.25, 0.3) is 0 Å². The summed E-state index contributed by atoms with van der Waals surface area (Å²) in [4.78, 5) is 12.4. The van der Waals surface area contributed by atoms with Gasteiger partial charge in [0, 0.05) is 6.54 Å². The van der Waals surface area contributed by atoms with Gasteiger partial charge in [-0.3, -0.25) is 9.69 Å². The molecule has 0 amide bonds. The van der Waals surface area contributed by atoms with E-state index in [1.54, 1.807) is 37.1 Å². The minimum atomic E-state index is -0.867. The molecule has 1 atom stereocenters. The Morgan fingerprint density at radius 3 is 2.50 bits per heavy atom. The molecule has 100 valence electrons. The second-order valence-electron chi connectivity index (χ2n) is 3.89. The number of carbonyl (C=O) groups is 1. The third kappa shape index (κ3) is 4.05. The van der Waals surface area contributed by atoms with Crippen LogP contribution in [-0.2, 0) is 4.79 Å². The molecule has 0 saturated carbocycles. The van der Waals surface area contributed by atoms with Gasteiger partial charge in [-0.2, -0.15) is 0 Å². The quantitative estimate of drug-likeness (QED) is 0.876. The molecule has 0 fully saturated rings. The molecule has 0 aliphatic rings. The summed E-state index contributed by atoms with van der Waals surface area (Å²) in [6, 6.07) is 4.55. The van der Waals surface area contributed by atoms with Crippen LogP contribution in [0.3, 0.4) is 0 Å². The summed E-state index contributed by atoms with van der Waals surface area (Å²) >= 11 is 11.9. The molecular formula is C12H15Cl2NO3. The molecular weight excluding hydrogens is 277 g/mol. The molecule has 0 saturated heterocycles. The maximum Gasteiger partial charge on any atom is 0.320 e. The summed E-state index contributed by atoms with van der Waals surface area (Å²) in [5, 5.41) is 9.71. The average Bonchev–Trinajstić information content (AvgIpc) is 2.31. The van der Waals surface area contributed by atoms with Crippen molar-refractivity contribution in [3.8, 4) is 5.75 Å². The largest absolute Gasteiger partial charge is 0.489 e. The number of hydrogen-bond donors (Lipinski definition) is 1. The molecule has 1 N–H and O–H groups in total. The lowest BCUT2D eigenvalue weighted by Gasteiger charge is -2.21. The van der Waals surface area contributed by atoms with E-state index < -0.39 is 12.0 Å². The van der Waals surface area contributed by atoms with E-state index >= 15 is 0 Å². The van der Waals surface area contributed by atoms with Crippen LogP contribution in [0.25, 0.3) is 0 Å². The van der Waals surface area contributed by atoms with Crippen LogP contribution in [-0.4, -0.2) is 42.2 Å². The van der Waals surface area contributed by atoms with Crippen LogP contribution >= 0.6 is 23.2 Å². The van der Waals surface area contributed by atoms with Crippen molar-refractivity contribution in [2.45, 2.75) is 13.0 Å². The van der Waals surface area contributed by atoms with E-state index in [1.807, 2.05) is 0 Å². The van der Waals surface area contributed by atoms with Crippen LogP contribution < -0.4 is 4.74 Å². The molecule has 0 radical (unpaired) electrons. The van der Waals surface area contributed by atoms with E-state index in [9.17, 15) is 4.79 Å². The first kappa shape index (κ1) is 15.1. The molecule has 1 aromatic rings. The highest BCUT2D eigenvalue weighted by Gasteiger charge is 2.16. The number of benzene rings is 1. The van der Waals surface area contributed by atoms with Gasteiger partial charge in [-0.1, -0.05) is 29.3 Å². The Balaban J connectivity index is 2.49. The molecule has 0 spiro atoms. The predicted octanol–water partition coefficient (Wildman–Crippen LogP) is 2.78. The van der Waals surface area contributed by atoms with Gasteiger partial charge in [-0.05, 0) is 26.1 Å². The number of carboxylic acids is 1. The number of carboxylic acid groups (broad SMARTS) is 1. The van der Waals surface area contributed by atoms with E-state index in [-0.39, 0.29) is 0 Å². The molecule has 18 heavy (non-hydrogen) atoms. The fourth-order valence-corrected chi connectivity index (χ4v) is 1.80. The van der Waals surface area contributed by atoms with Crippen molar-refractivity contribution in [1.82, 2.24) is 4.90 Å². The highest BCUT2D eigenvalue weighted by atomic mass is 35.5. The third-order valence-electron chi connectivity index (χ3n) is 2.63. The zero-order valence-electron chi connectivity index (χ0n) is 10.2. The number of para-hydroxylation sites is 1. The average molecular weight is 292 g/mol. The Morgan fingerprint density at radius 2 is 2.00 bits per heavy atom. The highest BCUT2D eigenvalue weighted by molar-refractivity contribution is 6.37. The molecule has 0 aromatic heterocycles. The number of hydrogen-bond acceptors (Lipinski definition) is 3. The monoisotopic (exact) mass is 291 g/mol. The van der Waals surface area contributed by atoms with Crippen molar-refractivity contribution >= 4 is 29.2 Å². The van der Waals surface area contributed by atoms with Gasteiger partial charge in [-0.25, -0.2) is 0 Å². The van der Waals surface area contributed by atoms with Crippen molar-refractivity contribution in [3.63, 3.8) is 0 Å². The van der Waals surface area contributed by atoms with Crippen LogP contribution in [0.1, 0.15) is 6.92 Å². The molecule has 0 bridgehead atoms. The summed E-state index contributed by atoms with van der Waals surface area (Å²) in [6.45, 7) is 2.40. The first-order valence-corrected chi connectivity index (χ1v) is 6.19. The lowest BCUT2D eigenvalue weighted by Crippen LogP contribution is -2.38. The molecule has 1 aromatic carbocycles. The van der Waals surface area contributed by atoms with Gasteiger partial charge in [0.1, 0.15) is 12.6 Å². The van der Waals surface area contributed by atoms with E-state index in [4.69, 9.17) is 33.0 Å². The third-order valence-corrected chi connectivity index (χ3v) is 3.22. The lowest BCUT2D eigenvalue weighted by molar-refractivity contribution is -0.142. The van der Waals surface area contributed by atoms with Gasteiger partial charge >= 0.3 is 5.97 Å². The van der Waals surface area contributed by atoms with Gasteiger partial charge in [0.05, 0.1) is 10.0 Å². The standard InChI is InChI=1S/C12H15Cl2NO3/c1-8(12(16)17)15(2)6-7-18-11-9(13)4-3-5-10(11)14/h3-5,8H,6-7H2,1-2H3,(H,16,17). The smallest absolute Gasteiger partial charge is 0.320 e. The normalized spacial score (nSPS) is 12.5. The summed E-state index contributed by atoms with van der Waals surface area (Å²) in [5.41, 5.74) is 0. The number of rotatable bonds is 6. The topological polar surface area (TPSA) is 49.8 Å². The Bertz CT molecular complexity index is 406. The zero-order chi connectivity index (χ0) is 13.7. The van der Waals surface area contributed by atoms with Gasteiger partial charge in [-0.15, -0.1) is 0 Å². The maximum absolute atomic E-state index is 10.8. The number of halogens is 2. The summed E-state index contributed by atoms with van der Waals surface area (Å²) in [5.74, 6) is -0.439. The van der Waals surface area contributed by atoms with E-state index in [0.717, 1.165) is 0 Å². The van der Waals surface area contributed by atoms with Crippen molar-refractivity contribution in [3.05, 3.63) is 28.2 Å². The van der Waals surface area contributed by atoms with E-state index in [2.05, 4.69) is 0 Å². The van der Waals surface area contributed by atoms with E-state index in [0.29, 0.717) is 28.9 Å². The second-order valence-corrected chi connectivity index (χ2v) is 4.71. The Kier molecular flexibility index (Phi) is 5.72. The molecule has 6 heteroatoms. The number of aliphatic carboxylic acids is 1. The van der Waals surface area contributed by atoms with Crippen LogP contribution in [0, 0.1) is 0 Å². The molecule has 0 heterocycles. The van der Waals surface area contributed by atoms with Crippen molar-refractivity contribution < 1.29 is 14.6 Å². The number of nitrogens with zero attached hydrogens (tertiary/aromatic N) is 1. The highest BCUT2D eigenvalue weighted by Crippen LogP contribution is 2.32. The van der Waals surface area contributed by atoms with Gasteiger partial charge in [0.2, 0.25) is 0 Å².